The summed E-state index contributed by atoms with van der Waals surface area (Å²) < 4.78 is 0. The fourth-order valence-electron chi connectivity index (χ4n) is 2.04. The Bertz CT molecular complexity index is 421. The maximum absolute atomic E-state index is 10.7. The Kier molecular flexibility index (Phi) is 6.25. The van der Waals surface area contributed by atoms with Crippen LogP contribution in [0, 0.1) is 23.0 Å². The molecule has 19 heavy (non-hydrogen) atoms. The van der Waals surface area contributed by atoms with E-state index in [0.717, 1.165) is 18.8 Å². The van der Waals surface area contributed by atoms with Crippen LogP contribution < -0.4 is 5.32 Å². The van der Waals surface area contributed by atoms with Crippen LogP contribution in [0.15, 0.2) is 12.1 Å². The Labute approximate surface area is 114 Å². The second-order valence-electron chi connectivity index (χ2n) is 4.86. The summed E-state index contributed by atoms with van der Waals surface area (Å²) in [4.78, 5) is 14.5. The SMILES string of the molecule is CCCCC(CC)CNc1ccc([N+](=O)[O-])c(C)n1. The van der Waals surface area contributed by atoms with Crippen LogP contribution in [0.4, 0.5) is 11.5 Å². The molecular weight excluding hydrogens is 242 g/mol. The molecule has 1 atom stereocenters. The van der Waals surface area contributed by atoms with Gasteiger partial charge in [-0.1, -0.05) is 33.1 Å². The van der Waals surface area contributed by atoms with Crippen molar-refractivity contribution in [1.82, 2.24) is 4.98 Å². The molecule has 0 amide bonds. The molecule has 1 aromatic rings. The highest BCUT2D eigenvalue weighted by Gasteiger charge is 2.12. The predicted molar refractivity (Wildman–Crippen MR) is 77.4 cm³/mol. The van der Waals surface area contributed by atoms with Crippen molar-refractivity contribution in [1.29, 1.82) is 0 Å². The maximum atomic E-state index is 10.7. The van der Waals surface area contributed by atoms with E-state index in [4.69, 9.17) is 0 Å². The van der Waals surface area contributed by atoms with Gasteiger partial charge in [-0.25, -0.2) is 4.98 Å². The van der Waals surface area contributed by atoms with Crippen LogP contribution in [0.3, 0.4) is 0 Å². The normalized spacial score (nSPS) is 12.2. The first-order chi connectivity index (χ1) is 9.08. The monoisotopic (exact) mass is 265 g/mol. The average molecular weight is 265 g/mol. The fourth-order valence-corrected chi connectivity index (χ4v) is 2.04. The van der Waals surface area contributed by atoms with Crippen LogP contribution in [0.2, 0.25) is 0 Å². The van der Waals surface area contributed by atoms with Crippen LogP contribution >= 0.6 is 0 Å². The smallest absolute Gasteiger partial charge is 0.290 e. The number of nitrogens with zero attached hydrogens (tertiary/aromatic N) is 2. The third-order valence-corrected chi connectivity index (χ3v) is 3.37. The molecule has 0 fully saturated rings. The topological polar surface area (TPSA) is 68.1 Å². The minimum Gasteiger partial charge on any atom is -0.370 e. The number of unbranched alkanes of at least 4 members (excludes halogenated alkanes) is 1. The van der Waals surface area contributed by atoms with Gasteiger partial charge in [-0.3, -0.25) is 10.1 Å². The van der Waals surface area contributed by atoms with Gasteiger partial charge < -0.3 is 5.32 Å². The molecule has 5 nitrogen and oxygen atoms in total. The highest BCUT2D eigenvalue weighted by atomic mass is 16.6. The van der Waals surface area contributed by atoms with Crippen molar-refractivity contribution < 1.29 is 4.92 Å². The second kappa shape index (κ2) is 7.71. The number of aromatic nitrogens is 1. The minimum atomic E-state index is -0.401. The first kappa shape index (κ1) is 15.4. The first-order valence-corrected chi connectivity index (χ1v) is 6.94. The fraction of sp³-hybridized carbons (Fsp3) is 0.643. The summed E-state index contributed by atoms with van der Waals surface area (Å²) in [6.07, 6.45) is 4.81. The van der Waals surface area contributed by atoms with Crippen LogP contribution in [0.25, 0.3) is 0 Å². The van der Waals surface area contributed by atoms with E-state index in [2.05, 4.69) is 24.1 Å². The van der Waals surface area contributed by atoms with E-state index < -0.39 is 4.92 Å². The number of anilines is 1. The molecule has 0 aliphatic carbocycles. The van der Waals surface area contributed by atoms with Crippen molar-refractivity contribution in [2.75, 3.05) is 11.9 Å². The van der Waals surface area contributed by atoms with Crippen molar-refractivity contribution in [3.63, 3.8) is 0 Å². The lowest BCUT2D eigenvalue weighted by Crippen LogP contribution is -2.14. The number of nitro groups is 1. The van der Waals surface area contributed by atoms with Crippen molar-refractivity contribution >= 4 is 11.5 Å². The molecule has 1 heterocycles. The van der Waals surface area contributed by atoms with E-state index >= 15 is 0 Å². The molecule has 1 unspecified atom stereocenters. The third kappa shape index (κ3) is 4.85. The van der Waals surface area contributed by atoms with E-state index in [0.29, 0.717) is 11.6 Å². The maximum Gasteiger partial charge on any atom is 0.290 e. The Morgan fingerprint density at radius 1 is 1.42 bits per heavy atom. The standard InChI is InChI=1S/C14H23N3O2/c1-4-6-7-12(5-2)10-15-14-9-8-13(17(18)19)11(3)16-14/h8-9,12H,4-7,10H2,1-3H3,(H,15,16). The van der Waals surface area contributed by atoms with Gasteiger partial charge in [-0.15, -0.1) is 0 Å². The van der Waals surface area contributed by atoms with Gasteiger partial charge in [-0.05, 0) is 25.3 Å². The van der Waals surface area contributed by atoms with Gasteiger partial charge in [-0.2, -0.15) is 0 Å². The van der Waals surface area contributed by atoms with Gasteiger partial charge in [0.25, 0.3) is 5.69 Å². The molecule has 0 bridgehead atoms. The number of hydrogen-bond acceptors (Lipinski definition) is 4. The third-order valence-electron chi connectivity index (χ3n) is 3.37. The zero-order valence-electron chi connectivity index (χ0n) is 12.0. The van der Waals surface area contributed by atoms with Gasteiger partial charge in [0, 0.05) is 12.6 Å². The van der Waals surface area contributed by atoms with Crippen LogP contribution in [-0.4, -0.2) is 16.5 Å². The molecule has 0 radical (unpaired) electrons. The van der Waals surface area contributed by atoms with E-state index in [9.17, 15) is 10.1 Å². The summed E-state index contributed by atoms with van der Waals surface area (Å²) in [5.41, 5.74) is 0.528. The molecule has 0 saturated carbocycles. The summed E-state index contributed by atoms with van der Waals surface area (Å²) in [6.45, 7) is 6.93. The largest absolute Gasteiger partial charge is 0.370 e. The Hall–Kier alpha value is -1.65. The molecule has 1 aromatic heterocycles. The minimum absolute atomic E-state index is 0.0728. The van der Waals surface area contributed by atoms with Gasteiger partial charge >= 0.3 is 0 Å². The molecule has 0 spiro atoms. The van der Waals surface area contributed by atoms with Gasteiger partial charge in [0.2, 0.25) is 0 Å². The molecule has 106 valence electrons. The molecule has 0 saturated heterocycles. The Balaban J connectivity index is 2.57. The summed E-state index contributed by atoms with van der Waals surface area (Å²) in [6, 6.07) is 3.19. The summed E-state index contributed by atoms with van der Waals surface area (Å²) in [7, 11) is 0. The highest BCUT2D eigenvalue weighted by Crippen LogP contribution is 2.19. The number of nitrogens with one attached hydrogen (secondary N) is 1. The summed E-state index contributed by atoms with van der Waals surface area (Å²) in [5.74, 6) is 1.36. The van der Waals surface area contributed by atoms with E-state index in [-0.39, 0.29) is 5.69 Å². The molecule has 1 rings (SSSR count). The van der Waals surface area contributed by atoms with Gasteiger partial charge in [0.15, 0.2) is 0 Å². The molecule has 0 aliphatic heterocycles. The van der Waals surface area contributed by atoms with Gasteiger partial charge in [0.1, 0.15) is 11.5 Å². The predicted octanol–water partition coefficient (Wildman–Crippen LogP) is 3.93. The molecule has 1 N–H and O–H groups in total. The zero-order valence-corrected chi connectivity index (χ0v) is 12.0. The van der Waals surface area contributed by atoms with E-state index in [1.165, 1.54) is 25.3 Å². The molecular formula is C14H23N3O2. The lowest BCUT2D eigenvalue weighted by Gasteiger charge is -2.15. The van der Waals surface area contributed by atoms with Crippen LogP contribution in [0.1, 0.15) is 45.2 Å². The lowest BCUT2D eigenvalue weighted by molar-refractivity contribution is -0.385. The summed E-state index contributed by atoms with van der Waals surface area (Å²) >= 11 is 0. The number of rotatable bonds is 8. The van der Waals surface area contributed by atoms with Crippen molar-refractivity contribution in [2.24, 2.45) is 5.92 Å². The van der Waals surface area contributed by atoms with Gasteiger partial charge in [0.05, 0.1) is 4.92 Å². The molecule has 0 aromatic carbocycles. The van der Waals surface area contributed by atoms with Crippen molar-refractivity contribution in [3.05, 3.63) is 27.9 Å². The Morgan fingerprint density at radius 3 is 2.68 bits per heavy atom. The first-order valence-electron chi connectivity index (χ1n) is 6.94. The second-order valence-corrected chi connectivity index (χ2v) is 4.86. The van der Waals surface area contributed by atoms with Crippen molar-refractivity contribution in [3.8, 4) is 0 Å². The summed E-state index contributed by atoms with van der Waals surface area (Å²) in [5, 5.41) is 14.0. The Morgan fingerprint density at radius 2 is 2.16 bits per heavy atom. The molecule has 0 aliphatic rings. The van der Waals surface area contributed by atoms with E-state index in [1.54, 1.807) is 13.0 Å². The number of hydrogen-bond donors (Lipinski definition) is 1. The quantitative estimate of drug-likeness (QED) is 0.571. The number of pyridine rings is 1. The van der Waals surface area contributed by atoms with Crippen LogP contribution in [0.5, 0.6) is 0 Å². The number of aryl methyl sites for hydroxylation is 1. The average Bonchev–Trinajstić information content (AvgIpc) is 2.38. The zero-order chi connectivity index (χ0) is 14.3. The highest BCUT2D eigenvalue weighted by molar-refractivity contribution is 5.44. The lowest BCUT2D eigenvalue weighted by atomic mass is 9.99. The molecule has 5 heteroatoms. The van der Waals surface area contributed by atoms with E-state index in [1.807, 2.05) is 0 Å². The van der Waals surface area contributed by atoms with Crippen LogP contribution in [-0.2, 0) is 0 Å². The van der Waals surface area contributed by atoms with Crippen molar-refractivity contribution in [2.45, 2.75) is 46.5 Å².